The second-order valence-corrected chi connectivity index (χ2v) is 5.80. The first-order valence-electron chi connectivity index (χ1n) is 5.54. The summed E-state index contributed by atoms with van der Waals surface area (Å²) in [4.78, 5) is 1.27. The minimum absolute atomic E-state index is 0.496. The van der Waals surface area contributed by atoms with Gasteiger partial charge in [0.15, 0.2) is 0 Å². The van der Waals surface area contributed by atoms with Crippen LogP contribution < -0.4 is 0 Å². The van der Waals surface area contributed by atoms with Crippen molar-refractivity contribution in [1.82, 2.24) is 0 Å². The van der Waals surface area contributed by atoms with Crippen molar-refractivity contribution < 1.29 is 9.32 Å². The molecule has 0 aliphatic heterocycles. The van der Waals surface area contributed by atoms with Gasteiger partial charge >= 0.3 is 0 Å². The van der Waals surface area contributed by atoms with Crippen LogP contribution in [0.4, 0.5) is 0 Å². The van der Waals surface area contributed by atoms with Gasteiger partial charge in [0.25, 0.3) is 0 Å². The summed E-state index contributed by atoms with van der Waals surface area (Å²) in [5.41, 5.74) is 0.801. The summed E-state index contributed by atoms with van der Waals surface area (Å²) in [5.74, 6) is 0. The van der Waals surface area contributed by atoms with Crippen molar-refractivity contribution in [3.63, 3.8) is 0 Å². The van der Waals surface area contributed by atoms with E-state index in [1.54, 1.807) is 49.4 Å². The maximum absolute atomic E-state index is 12.3. The van der Waals surface area contributed by atoms with Gasteiger partial charge in [0, 0.05) is 4.90 Å². The fourth-order valence-corrected chi connectivity index (χ4v) is 3.02. The molecule has 2 aromatic carbocycles. The molecule has 2 unspecified atom stereocenters. The van der Waals surface area contributed by atoms with Gasteiger partial charge in [0.05, 0.1) is 26.8 Å². The van der Waals surface area contributed by atoms with Gasteiger partial charge in [0.2, 0.25) is 0 Å². The molecule has 94 valence electrons. The van der Waals surface area contributed by atoms with Crippen molar-refractivity contribution in [3.8, 4) is 0 Å². The highest BCUT2D eigenvalue weighted by molar-refractivity contribution is 7.85. The van der Waals surface area contributed by atoms with Gasteiger partial charge in [-0.1, -0.05) is 35.9 Å². The van der Waals surface area contributed by atoms with Gasteiger partial charge in [-0.15, -0.1) is 0 Å². The topological polar surface area (TPSA) is 37.3 Å². The van der Waals surface area contributed by atoms with Crippen LogP contribution >= 0.6 is 11.6 Å². The largest absolute Gasteiger partial charge is 0.389 e. The van der Waals surface area contributed by atoms with E-state index in [1.807, 2.05) is 6.07 Å². The molecule has 0 spiro atoms. The van der Waals surface area contributed by atoms with Crippen molar-refractivity contribution in [2.24, 2.45) is 0 Å². The minimum Gasteiger partial charge on any atom is -0.389 e. The Morgan fingerprint density at radius 3 is 2.28 bits per heavy atom. The lowest BCUT2D eigenvalue weighted by atomic mass is 10.1. The summed E-state index contributed by atoms with van der Waals surface area (Å²) in [7, 11) is -1.29. The maximum atomic E-state index is 12.3. The molecule has 0 saturated carbocycles. The zero-order valence-corrected chi connectivity index (χ0v) is 11.4. The lowest BCUT2D eigenvalue weighted by Gasteiger charge is -2.07. The number of hydrogen-bond acceptors (Lipinski definition) is 2. The molecule has 0 amide bonds. The lowest BCUT2D eigenvalue weighted by molar-refractivity contribution is 0.199. The van der Waals surface area contributed by atoms with E-state index < -0.39 is 16.9 Å². The Balaban J connectivity index is 2.32. The second kappa shape index (κ2) is 5.65. The molecule has 2 aromatic rings. The van der Waals surface area contributed by atoms with Crippen LogP contribution in [0.25, 0.3) is 0 Å². The summed E-state index contributed by atoms with van der Waals surface area (Å²) in [5, 5.41) is 9.91. The van der Waals surface area contributed by atoms with Gasteiger partial charge in [-0.3, -0.25) is 0 Å². The van der Waals surface area contributed by atoms with Crippen LogP contribution in [0.3, 0.4) is 0 Å². The van der Waals surface area contributed by atoms with E-state index in [2.05, 4.69) is 0 Å². The summed E-state index contributed by atoms with van der Waals surface area (Å²) >= 11 is 6.02. The van der Waals surface area contributed by atoms with E-state index in [0.29, 0.717) is 14.8 Å². The van der Waals surface area contributed by atoms with Crippen LogP contribution in [0.1, 0.15) is 18.6 Å². The van der Waals surface area contributed by atoms with Crippen LogP contribution in [0, 0.1) is 0 Å². The molecule has 1 N–H and O–H groups in total. The fraction of sp³-hybridized carbons (Fsp3) is 0.143. The average molecular weight is 281 g/mol. The third-order valence-corrected chi connectivity index (χ3v) is 4.51. The van der Waals surface area contributed by atoms with E-state index in [4.69, 9.17) is 11.6 Å². The molecular weight excluding hydrogens is 268 g/mol. The molecule has 0 aliphatic rings. The fourth-order valence-electron chi connectivity index (χ4n) is 1.59. The molecule has 2 nitrogen and oxygen atoms in total. The van der Waals surface area contributed by atoms with Crippen LogP contribution in [0.15, 0.2) is 58.3 Å². The summed E-state index contributed by atoms with van der Waals surface area (Å²) in [6.45, 7) is 1.69. The molecular formula is C14H13ClO2S. The van der Waals surface area contributed by atoms with Crippen LogP contribution in [0.2, 0.25) is 5.02 Å². The van der Waals surface area contributed by atoms with Crippen molar-refractivity contribution in [3.05, 3.63) is 59.1 Å². The first kappa shape index (κ1) is 13.3. The Morgan fingerprint density at radius 1 is 1.11 bits per heavy atom. The molecule has 2 rings (SSSR count). The number of aliphatic hydroxyl groups is 1. The smallest absolute Gasteiger partial charge is 0.0864 e. The highest BCUT2D eigenvalue weighted by Crippen LogP contribution is 2.24. The highest BCUT2D eigenvalue weighted by atomic mass is 35.5. The van der Waals surface area contributed by atoms with Gasteiger partial charge < -0.3 is 5.11 Å². The second-order valence-electron chi connectivity index (χ2n) is 3.94. The third-order valence-electron chi connectivity index (χ3n) is 2.61. The maximum Gasteiger partial charge on any atom is 0.0864 e. The monoisotopic (exact) mass is 280 g/mol. The zero-order chi connectivity index (χ0) is 13.1. The van der Waals surface area contributed by atoms with Gasteiger partial charge in [-0.05, 0) is 36.8 Å². The SMILES string of the molecule is CC(O)c1ccc(S(=O)c2ccccc2Cl)cc1. The first-order chi connectivity index (χ1) is 8.59. The third kappa shape index (κ3) is 2.80. The molecule has 4 heteroatoms. The van der Waals surface area contributed by atoms with E-state index >= 15 is 0 Å². The molecule has 0 fully saturated rings. The number of rotatable bonds is 3. The Kier molecular flexibility index (Phi) is 4.17. The predicted molar refractivity (Wildman–Crippen MR) is 73.2 cm³/mol. The highest BCUT2D eigenvalue weighted by Gasteiger charge is 2.11. The van der Waals surface area contributed by atoms with E-state index in [9.17, 15) is 9.32 Å². The lowest BCUT2D eigenvalue weighted by Crippen LogP contribution is -1.96. The Labute approximate surface area is 114 Å². The van der Waals surface area contributed by atoms with E-state index in [1.165, 1.54) is 0 Å². The molecule has 0 aromatic heterocycles. The van der Waals surface area contributed by atoms with Crippen molar-refractivity contribution in [1.29, 1.82) is 0 Å². The van der Waals surface area contributed by atoms with Crippen LogP contribution in [0.5, 0.6) is 0 Å². The normalized spacial score (nSPS) is 14.2. The molecule has 0 bridgehead atoms. The van der Waals surface area contributed by atoms with Gasteiger partial charge in [-0.25, -0.2) is 4.21 Å². The minimum atomic E-state index is -1.29. The first-order valence-corrected chi connectivity index (χ1v) is 7.06. The number of benzene rings is 2. The summed E-state index contributed by atoms with van der Waals surface area (Å²) in [6, 6.07) is 14.1. The molecule has 0 radical (unpaired) electrons. The number of halogens is 1. The van der Waals surface area contributed by atoms with Gasteiger partial charge in [-0.2, -0.15) is 0 Å². The summed E-state index contributed by atoms with van der Waals surface area (Å²) < 4.78 is 12.3. The number of aliphatic hydroxyl groups excluding tert-OH is 1. The van der Waals surface area contributed by atoms with E-state index in [0.717, 1.165) is 5.56 Å². The molecule has 2 atom stereocenters. The van der Waals surface area contributed by atoms with Crippen LogP contribution in [-0.2, 0) is 10.8 Å². The summed E-state index contributed by atoms with van der Waals surface area (Å²) in [6.07, 6.45) is -0.521. The molecule has 18 heavy (non-hydrogen) atoms. The molecule has 0 aliphatic carbocycles. The Bertz CT molecular complexity index is 564. The van der Waals surface area contributed by atoms with Crippen molar-refractivity contribution in [2.45, 2.75) is 22.8 Å². The zero-order valence-electron chi connectivity index (χ0n) is 9.84. The predicted octanol–water partition coefficient (Wildman–Crippen LogP) is 3.56. The average Bonchev–Trinajstić information content (AvgIpc) is 2.38. The van der Waals surface area contributed by atoms with Gasteiger partial charge in [0.1, 0.15) is 0 Å². The van der Waals surface area contributed by atoms with Crippen molar-refractivity contribution >= 4 is 22.4 Å². The molecule has 0 heterocycles. The number of hydrogen-bond donors (Lipinski definition) is 1. The molecule has 0 saturated heterocycles. The Morgan fingerprint density at radius 2 is 1.72 bits per heavy atom. The van der Waals surface area contributed by atoms with Crippen molar-refractivity contribution in [2.75, 3.05) is 0 Å². The Hall–Kier alpha value is -1.16. The standard InChI is InChI=1S/C14H13ClO2S/c1-10(16)11-6-8-12(9-7-11)18(17)14-5-3-2-4-13(14)15/h2-10,16H,1H3. The van der Waals surface area contributed by atoms with E-state index in [-0.39, 0.29) is 0 Å². The van der Waals surface area contributed by atoms with Crippen LogP contribution in [-0.4, -0.2) is 9.32 Å². The quantitative estimate of drug-likeness (QED) is 0.933.